The number of hydrogen-bond acceptors (Lipinski definition) is 2. The normalized spacial score (nSPS) is 13.1. The summed E-state index contributed by atoms with van der Waals surface area (Å²) in [4.78, 5) is 16.3. The summed E-state index contributed by atoms with van der Waals surface area (Å²) >= 11 is 0. The number of aromatic nitrogens is 1. The van der Waals surface area contributed by atoms with Crippen LogP contribution in [0.2, 0.25) is 0 Å². The maximum Gasteiger partial charge on any atom is 0.256 e. The molecule has 1 heterocycles. The summed E-state index contributed by atoms with van der Waals surface area (Å²) in [7, 11) is 0. The minimum absolute atomic E-state index is 0.0944. The lowest BCUT2D eigenvalue weighted by Crippen LogP contribution is -2.26. The molecule has 0 spiro atoms. The van der Waals surface area contributed by atoms with Crippen LogP contribution in [0.25, 0.3) is 0 Å². The molecular formula is C14H18N2O. The number of pyridine rings is 1. The number of carbonyl (C=O) groups is 1. The highest BCUT2D eigenvalue weighted by Crippen LogP contribution is 1.89. The van der Waals surface area contributed by atoms with Crippen molar-refractivity contribution in [1.82, 2.24) is 4.57 Å². The third kappa shape index (κ3) is 4.23. The predicted molar refractivity (Wildman–Crippen MR) is 69.7 cm³/mol. The molecule has 0 saturated carbocycles. The van der Waals surface area contributed by atoms with Crippen LogP contribution in [0.4, 0.5) is 0 Å². The molecule has 3 heteroatoms. The lowest BCUT2D eigenvalue weighted by Gasteiger charge is -2.03. The summed E-state index contributed by atoms with van der Waals surface area (Å²) in [5.74, 6) is -0.0944. The fraction of sp³-hybridized carbons (Fsp3) is 0.286. The molecule has 0 amide bonds. The maximum atomic E-state index is 11.9. The van der Waals surface area contributed by atoms with Crippen LogP contribution in [-0.4, -0.2) is 16.5 Å². The molecule has 0 fully saturated rings. The standard InChI is InChI=1S/C14H18N2O/c1-4-5-6-10-14(17)16-11-8-7-9-13(16)15-12(2)3/h4-12H,1-3H3/b5-4+,10-6+,15-13?. The first kappa shape index (κ1) is 13.2. The zero-order valence-corrected chi connectivity index (χ0v) is 10.5. The molecule has 0 unspecified atom stereocenters. The molecule has 0 atom stereocenters. The lowest BCUT2D eigenvalue weighted by atomic mass is 10.4. The first-order chi connectivity index (χ1) is 8.15. The van der Waals surface area contributed by atoms with Gasteiger partial charge in [-0.2, -0.15) is 0 Å². The van der Waals surface area contributed by atoms with E-state index in [9.17, 15) is 4.79 Å². The van der Waals surface area contributed by atoms with Gasteiger partial charge in [0.2, 0.25) is 0 Å². The number of allylic oxidation sites excluding steroid dienone is 4. The van der Waals surface area contributed by atoms with Crippen molar-refractivity contribution in [2.24, 2.45) is 4.99 Å². The van der Waals surface area contributed by atoms with Crippen molar-refractivity contribution in [2.75, 3.05) is 0 Å². The monoisotopic (exact) mass is 230 g/mol. The van der Waals surface area contributed by atoms with Crippen molar-refractivity contribution in [3.8, 4) is 0 Å². The minimum Gasteiger partial charge on any atom is -0.269 e. The summed E-state index contributed by atoms with van der Waals surface area (Å²) in [5.41, 5.74) is 0.678. The van der Waals surface area contributed by atoms with Crippen LogP contribution in [0.15, 0.2) is 53.7 Å². The Labute approximate surface area is 102 Å². The summed E-state index contributed by atoms with van der Waals surface area (Å²) in [6.07, 6.45) is 8.67. The third-order valence-electron chi connectivity index (χ3n) is 2.01. The molecule has 17 heavy (non-hydrogen) atoms. The molecule has 1 rings (SSSR count). The molecule has 0 saturated heterocycles. The summed E-state index contributed by atoms with van der Waals surface area (Å²) in [6, 6.07) is 5.69. The number of hydrogen-bond donors (Lipinski definition) is 0. The van der Waals surface area contributed by atoms with Gasteiger partial charge in [0.25, 0.3) is 5.91 Å². The number of nitrogens with zero attached hydrogens (tertiary/aromatic N) is 2. The Morgan fingerprint density at radius 3 is 2.76 bits per heavy atom. The highest BCUT2D eigenvalue weighted by atomic mass is 16.1. The Morgan fingerprint density at radius 2 is 2.12 bits per heavy atom. The van der Waals surface area contributed by atoms with Crippen molar-refractivity contribution >= 4 is 5.91 Å². The van der Waals surface area contributed by atoms with Crippen LogP contribution >= 0.6 is 0 Å². The van der Waals surface area contributed by atoms with Gasteiger partial charge in [0, 0.05) is 18.3 Å². The van der Waals surface area contributed by atoms with Crippen molar-refractivity contribution in [3.63, 3.8) is 0 Å². The van der Waals surface area contributed by atoms with E-state index < -0.39 is 0 Å². The van der Waals surface area contributed by atoms with Gasteiger partial charge in [-0.25, -0.2) is 0 Å². The van der Waals surface area contributed by atoms with E-state index >= 15 is 0 Å². The molecule has 0 aliphatic carbocycles. The van der Waals surface area contributed by atoms with Crippen LogP contribution in [0.1, 0.15) is 25.6 Å². The van der Waals surface area contributed by atoms with Gasteiger partial charge < -0.3 is 0 Å². The predicted octanol–water partition coefficient (Wildman–Crippen LogP) is 2.57. The van der Waals surface area contributed by atoms with Gasteiger partial charge in [-0.1, -0.05) is 24.3 Å². The number of carbonyl (C=O) groups excluding carboxylic acids is 1. The molecule has 1 aromatic heterocycles. The molecule has 90 valence electrons. The Bertz CT molecular complexity index is 493. The van der Waals surface area contributed by atoms with Crippen LogP contribution in [0, 0.1) is 0 Å². The highest BCUT2D eigenvalue weighted by molar-refractivity contribution is 5.89. The Kier molecular flexibility index (Phi) is 5.14. The van der Waals surface area contributed by atoms with Crippen LogP contribution < -0.4 is 5.49 Å². The fourth-order valence-corrected chi connectivity index (χ4v) is 1.32. The summed E-state index contributed by atoms with van der Waals surface area (Å²) in [6.45, 7) is 5.87. The molecular weight excluding hydrogens is 212 g/mol. The van der Waals surface area contributed by atoms with Crippen LogP contribution in [-0.2, 0) is 0 Å². The van der Waals surface area contributed by atoms with E-state index in [4.69, 9.17) is 0 Å². The van der Waals surface area contributed by atoms with Crippen LogP contribution in [0.5, 0.6) is 0 Å². The van der Waals surface area contributed by atoms with E-state index in [1.165, 1.54) is 6.08 Å². The third-order valence-corrected chi connectivity index (χ3v) is 2.01. The van der Waals surface area contributed by atoms with E-state index in [2.05, 4.69) is 4.99 Å². The topological polar surface area (TPSA) is 34.4 Å². The van der Waals surface area contributed by atoms with Crippen molar-refractivity contribution < 1.29 is 4.79 Å². The molecule has 0 bridgehead atoms. The Hall–Kier alpha value is -1.90. The van der Waals surface area contributed by atoms with Gasteiger partial charge in [0.1, 0.15) is 5.49 Å². The number of rotatable bonds is 3. The van der Waals surface area contributed by atoms with E-state index in [1.807, 2.05) is 51.1 Å². The second-order valence-corrected chi connectivity index (χ2v) is 3.87. The van der Waals surface area contributed by atoms with E-state index in [0.29, 0.717) is 5.49 Å². The first-order valence-electron chi connectivity index (χ1n) is 5.70. The van der Waals surface area contributed by atoms with E-state index in [1.54, 1.807) is 16.8 Å². The maximum absolute atomic E-state index is 11.9. The zero-order chi connectivity index (χ0) is 12.7. The lowest BCUT2D eigenvalue weighted by molar-refractivity contribution is 0.0963. The molecule has 0 aromatic carbocycles. The van der Waals surface area contributed by atoms with Gasteiger partial charge >= 0.3 is 0 Å². The van der Waals surface area contributed by atoms with Gasteiger partial charge in [0.05, 0.1) is 0 Å². The Balaban J connectivity index is 3.10. The van der Waals surface area contributed by atoms with Crippen molar-refractivity contribution in [3.05, 3.63) is 54.2 Å². The molecule has 0 aliphatic heterocycles. The average molecular weight is 230 g/mol. The molecule has 3 nitrogen and oxygen atoms in total. The van der Waals surface area contributed by atoms with E-state index in [-0.39, 0.29) is 11.9 Å². The quantitative estimate of drug-likeness (QED) is 0.580. The minimum atomic E-state index is -0.0944. The van der Waals surface area contributed by atoms with Gasteiger partial charge in [-0.3, -0.25) is 14.4 Å². The largest absolute Gasteiger partial charge is 0.269 e. The summed E-state index contributed by atoms with van der Waals surface area (Å²) in [5, 5.41) is 0. The second kappa shape index (κ2) is 6.63. The zero-order valence-electron chi connectivity index (χ0n) is 10.5. The van der Waals surface area contributed by atoms with Crippen LogP contribution in [0.3, 0.4) is 0 Å². The highest BCUT2D eigenvalue weighted by Gasteiger charge is 2.00. The molecule has 0 N–H and O–H groups in total. The van der Waals surface area contributed by atoms with Gasteiger partial charge in [-0.05, 0) is 32.9 Å². The second-order valence-electron chi connectivity index (χ2n) is 3.87. The summed E-state index contributed by atoms with van der Waals surface area (Å²) < 4.78 is 1.54. The van der Waals surface area contributed by atoms with Gasteiger partial charge in [-0.15, -0.1) is 0 Å². The molecule has 0 aliphatic rings. The first-order valence-corrected chi connectivity index (χ1v) is 5.70. The fourth-order valence-electron chi connectivity index (χ4n) is 1.32. The smallest absolute Gasteiger partial charge is 0.256 e. The average Bonchev–Trinajstić information content (AvgIpc) is 2.29. The van der Waals surface area contributed by atoms with Crippen molar-refractivity contribution in [2.45, 2.75) is 26.8 Å². The molecule has 1 aromatic rings. The SMILES string of the molecule is C/C=C/C=C/C(=O)n1ccccc1=NC(C)C. The van der Waals surface area contributed by atoms with E-state index in [0.717, 1.165) is 0 Å². The van der Waals surface area contributed by atoms with Crippen molar-refractivity contribution in [1.29, 1.82) is 0 Å². The molecule has 0 radical (unpaired) electrons. The van der Waals surface area contributed by atoms with Gasteiger partial charge in [0.15, 0.2) is 0 Å². The Morgan fingerprint density at radius 1 is 1.35 bits per heavy atom.